The van der Waals surface area contributed by atoms with Crippen molar-refractivity contribution in [3.63, 3.8) is 0 Å². The summed E-state index contributed by atoms with van der Waals surface area (Å²) < 4.78 is 5.12. The summed E-state index contributed by atoms with van der Waals surface area (Å²) in [6.07, 6.45) is 1.63. The van der Waals surface area contributed by atoms with E-state index in [2.05, 4.69) is 35.5 Å². The molecule has 1 aromatic heterocycles. The highest BCUT2D eigenvalue weighted by molar-refractivity contribution is 6.03. The Hall–Kier alpha value is -3.34. The Kier molecular flexibility index (Phi) is 5.71. The van der Waals surface area contributed by atoms with Crippen molar-refractivity contribution < 1.29 is 9.53 Å². The molecule has 0 atom stereocenters. The van der Waals surface area contributed by atoms with Gasteiger partial charge < -0.3 is 15.4 Å². The van der Waals surface area contributed by atoms with Gasteiger partial charge in [0.05, 0.1) is 7.11 Å². The molecule has 0 bridgehead atoms. The highest BCUT2D eigenvalue weighted by Gasteiger charge is 2.10. The molecule has 0 saturated carbocycles. The van der Waals surface area contributed by atoms with Gasteiger partial charge in [0.2, 0.25) is 0 Å². The maximum Gasteiger partial charge on any atom is 0.274 e. The first-order valence-electron chi connectivity index (χ1n) is 8.84. The van der Waals surface area contributed by atoms with Crippen LogP contribution in [-0.2, 0) is 0 Å². The molecule has 138 valence electrons. The average Bonchev–Trinajstić information content (AvgIpc) is 2.69. The first kappa shape index (κ1) is 18.5. The van der Waals surface area contributed by atoms with Gasteiger partial charge in [0.25, 0.3) is 5.91 Å². The van der Waals surface area contributed by atoms with Crippen LogP contribution >= 0.6 is 0 Å². The van der Waals surface area contributed by atoms with Crippen LogP contribution in [0.2, 0.25) is 0 Å². The van der Waals surface area contributed by atoms with E-state index >= 15 is 0 Å². The minimum Gasteiger partial charge on any atom is -0.497 e. The summed E-state index contributed by atoms with van der Waals surface area (Å²) in [5.41, 5.74) is 4.10. The number of hydrogen-bond acceptors (Lipinski definition) is 4. The molecule has 0 saturated heterocycles. The lowest BCUT2D eigenvalue weighted by Crippen LogP contribution is -2.13. The minimum absolute atomic E-state index is 0.263. The summed E-state index contributed by atoms with van der Waals surface area (Å²) in [6, 6.07) is 18.9. The van der Waals surface area contributed by atoms with E-state index in [0.717, 1.165) is 17.1 Å². The van der Waals surface area contributed by atoms with E-state index in [1.54, 1.807) is 43.6 Å². The first-order chi connectivity index (χ1) is 13.1. The molecule has 1 heterocycles. The van der Waals surface area contributed by atoms with Gasteiger partial charge in [-0.05, 0) is 53.9 Å². The lowest BCUT2D eigenvalue weighted by Gasteiger charge is -2.15. The smallest absolute Gasteiger partial charge is 0.274 e. The molecule has 0 aliphatic carbocycles. The van der Waals surface area contributed by atoms with Crippen LogP contribution in [0.25, 0.3) is 0 Å². The summed E-state index contributed by atoms with van der Waals surface area (Å²) in [4.78, 5) is 16.7. The number of para-hydroxylation sites is 1. The molecule has 0 aliphatic heterocycles. The number of aromatic nitrogens is 1. The summed E-state index contributed by atoms with van der Waals surface area (Å²) >= 11 is 0. The monoisotopic (exact) mass is 361 g/mol. The van der Waals surface area contributed by atoms with E-state index in [1.165, 1.54) is 5.56 Å². The summed E-state index contributed by atoms with van der Waals surface area (Å²) in [7, 11) is 1.60. The van der Waals surface area contributed by atoms with E-state index in [4.69, 9.17) is 4.74 Å². The number of rotatable bonds is 6. The van der Waals surface area contributed by atoms with Gasteiger partial charge >= 0.3 is 0 Å². The fraction of sp³-hybridized carbons (Fsp3) is 0.182. The second-order valence-electron chi connectivity index (χ2n) is 6.48. The second-order valence-corrected chi connectivity index (χ2v) is 6.48. The summed E-state index contributed by atoms with van der Waals surface area (Å²) in [6.45, 7) is 4.31. The van der Waals surface area contributed by atoms with Gasteiger partial charge in [-0.15, -0.1) is 0 Å². The van der Waals surface area contributed by atoms with Gasteiger partial charge in [-0.1, -0.05) is 32.0 Å². The third-order valence-electron chi connectivity index (χ3n) is 4.20. The second kappa shape index (κ2) is 8.36. The van der Waals surface area contributed by atoms with Crippen molar-refractivity contribution in [2.75, 3.05) is 17.7 Å². The van der Waals surface area contributed by atoms with Crippen molar-refractivity contribution in [1.82, 2.24) is 4.98 Å². The Morgan fingerprint density at radius 1 is 1.00 bits per heavy atom. The highest BCUT2D eigenvalue weighted by atomic mass is 16.5. The minimum atomic E-state index is -0.263. The molecule has 2 aromatic carbocycles. The van der Waals surface area contributed by atoms with Crippen LogP contribution in [0.15, 0.2) is 66.9 Å². The lowest BCUT2D eigenvalue weighted by molar-refractivity contribution is 0.102. The highest BCUT2D eigenvalue weighted by Crippen LogP contribution is 2.27. The van der Waals surface area contributed by atoms with Gasteiger partial charge in [0, 0.05) is 23.3 Å². The molecule has 3 rings (SSSR count). The number of hydrogen-bond donors (Lipinski definition) is 2. The fourth-order valence-electron chi connectivity index (χ4n) is 2.77. The Morgan fingerprint density at radius 3 is 2.44 bits per heavy atom. The molecule has 5 heteroatoms. The normalized spacial score (nSPS) is 10.5. The molecule has 0 radical (unpaired) electrons. The molecule has 0 unspecified atom stereocenters. The number of benzene rings is 2. The largest absolute Gasteiger partial charge is 0.497 e. The Bertz CT molecular complexity index is 921. The maximum atomic E-state index is 12.5. The molecule has 27 heavy (non-hydrogen) atoms. The van der Waals surface area contributed by atoms with Crippen LogP contribution in [0.5, 0.6) is 5.75 Å². The lowest BCUT2D eigenvalue weighted by atomic mass is 10.0. The predicted molar refractivity (Wildman–Crippen MR) is 109 cm³/mol. The van der Waals surface area contributed by atoms with Crippen LogP contribution in [0, 0.1) is 0 Å². The topological polar surface area (TPSA) is 63.2 Å². The summed E-state index contributed by atoms with van der Waals surface area (Å²) in [5, 5.41) is 6.24. The number of nitrogens with one attached hydrogen (secondary N) is 2. The number of nitrogens with zero attached hydrogens (tertiary/aromatic N) is 1. The Morgan fingerprint density at radius 2 is 1.74 bits per heavy atom. The Balaban J connectivity index is 1.76. The van der Waals surface area contributed by atoms with Gasteiger partial charge in [-0.2, -0.15) is 0 Å². The molecule has 0 spiro atoms. The number of carbonyl (C=O) groups excluding carboxylic acids is 1. The Labute approximate surface area is 159 Å². The standard InChI is InChI=1S/C22H23N3O2/c1-15(2)19-6-4-5-7-20(19)24-17-12-13-23-21(14-17)22(26)25-16-8-10-18(27-3)11-9-16/h4-15H,1-3H3,(H,23,24)(H,25,26). The number of ether oxygens (including phenoxy) is 1. The predicted octanol–water partition coefficient (Wildman–Crippen LogP) is 5.21. The zero-order valence-electron chi connectivity index (χ0n) is 15.7. The number of pyridine rings is 1. The number of amides is 1. The van der Waals surface area contributed by atoms with Gasteiger partial charge in [0.15, 0.2) is 0 Å². The van der Waals surface area contributed by atoms with Crippen molar-refractivity contribution in [3.8, 4) is 5.75 Å². The van der Waals surface area contributed by atoms with Gasteiger partial charge in [-0.25, -0.2) is 0 Å². The van der Waals surface area contributed by atoms with E-state index in [9.17, 15) is 4.79 Å². The molecular formula is C22H23N3O2. The molecule has 1 amide bonds. The first-order valence-corrected chi connectivity index (χ1v) is 8.84. The van der Waals surface area contributed by atoms with E-state index in [0.29, 0.717) is 17.3 Å². The quantitative estimate of drug-likeness (QED) is 0.633. The molecule has 2 N–H and O–H groups in total. The van der Waals surface area contributed by atoms with Crippen molar-refractivity contribution >= 4 is 23.0 Å². The number of anilines is 3. The van der Waals surface area contributed by atoms with Crippen LogP contribution in [0.1, 0.15) is 35.8 Å². The third kappa shape index (κ3) is 4.64. The van der Waals surface area contributed by atoms with Crippen LogP contribution in [-0.4, -0.2) is 18.0 Å². The van der Waals surface area contributed by atoms with Gasteiger partial charge in [0.1, 0.15) is 11.4 Å². The zero-order valence-corrected chi connectivity index (χ0v) is 15.7. The van der Waals surface area contributed by atoms with E-state index < -0.39 is 0 Å². The van der Waals surface area contributed by atoms with Crippen LogP contribution in [0.3, 0.4) is 0 Å². The molecular weight excluding hydrogens is 338 g/mol. The van der Waals surface area contributed by atoms with Gasteiger partial charge in [-0.3, -0.25) is 9.78 Å². The fourth-order valence-corrected chi connectivity index (χ4v) is 2.77. The maximum absolute atomic E-state index is 12.5. The van der Waals surface area contributed by atoms with E-state index in [1.807, 2.05) is 24.3 Å². The average molecular weight is 361 g/mol. The van der Waals surface area contributed by atoms with E-state index in [-0.39, 0.29) is 5.91 Å². The van der Waals surface area contributed by atoms with Crippen molar-refractivity contribution in [2.45, 2.75) is 19.8 Å². The van der Waals surface area contributed by atoms with Crippen molar-refractivity contribution in [3.05, 3.63) is 78.1 Å². The SMILES string of the molecule is COc1ccc(NC(=O)c2cc(Nc3ccccc3C(C)C)ccn2)cc1. The van der Waals surface area contributed by atoms with Crippen molar-refractivity contribution in [1.29, 1.82) is 0 Å². The zero-order chi connectivity index (χ0) is 19.2. The molecule has 0 aliphatic rings. The molecule has 0 fully saturated rings. The van der Waals surface area contributed by atoms with Crippen LogP contribution in [0.4, 0.5) is 17.1 Å². The molecule has 3 aromatic rings. The van der Waals surface area contributed by atoms with Crippen molar-refractivity contribution in [2.24, 2.45) is 0 Å². The third-order valence-corrected chi connectivity index (χ3v) is 4.20. The summed E-state index contributed by atoms with van der Waals surface area (Å²) in [5.74, 6) is 0.871. The number of carbonyl (C=O) groups is 1. The number of methoxy groups -OCH3 is 1. The van der Waals surface area contributed by atoms with Crippen LogP contribution < -0.4 is 15.4 Å². The molecule has 5 nitrogen and oxygen atoms in total.